The fourth-order valence-corrected chi connectivity index (χ4v) is 5.27. The maximum Gasteiger partial charge on any atom is 0.217 e. The van der Waals surface area contributed by atoms with Gasteiger partial charge in [0.2, 0.25) is 17.7 Å². The molecule has 0 spiro atoms. The number of rotatable bonds is 10. The van der Waals surface area contributed by atoms with Crippen LogP contribution in [0.1, 0.15) is 20.8 Å². The molecule has 3 rings (SSSR count). The minimum atomic E-state index is -1.78. The van der Waals surface area contributed by atoms with Gasteiger partial charge in [0.25, 0.3) is 0 Å². The van der Waals surface area contributed by atoms with Crippen molar-refractivity contribution in [2.75, 3.05) is 19.8 Å². The zero-order valence-corrected chi connectivity index (χ0v) is 23.6. The first-order valence-corrected chi connectivity index (χ1v) is 13.5. The smallest absolute Gasteiger partial charge is 0.217 e. The highest BCUT2D eigenvalue weighted by atomic mass is 16.7. The van der Waals surface area contributed by atoms with Crippen LogP contribution < -0.4 is 16.0 Å². The van der Waals surface area contributed by atoms with Gasteiger partial charge in [-0.05, 0) is 0 Å². The van der Waals surface area contributed by atoms with Crippen LogP contribution in [0.5, 0.6) is 0 Å². The summed E-state index contributed by atoms with van der Waals surface area (Å²) >= 11 is 0. The quantitative estimate of drug-likeness (QED) is 0.107. The van der Waals surface area contributed by atoms with Crippen LogP contribution in [0.3, 0.4) is 0 Å². The van der Waals surface area contributed by atoms with Crippen molar-refractivity contribution in [3.63, 3.8) is 0 Å². The van der Waals surface area contributed by atoms with Crippen molar-refractivity contribution < 1.29 is 78.9 Å². The third kappa shape index (κ3) is 8.14. The number of ether oxygens (including phenoxy) is 5. The average molecular weight is 628 g/mol. The Morgan fingerprint density at radius 3 is 1.40 bits per heavy atom. The second-order valence-electron chi connectivity index (χ2n) is 10.5. The maximum atomic E-state index is 12.3. The highest BCUT2D eigenvalue weighted by Gasteiger charge is 2.54. The van der Waals surface area contributed by atoms with Crippen LogP contribution in [0, 0.1) is 0 Å². The van der Waals surface area contributed by atoms with Crippen LogP contribution in [0.2, 0.25) is 0 Å². The number of carbonyl (C=O) groups excluding carboxylic acids is 3. The molecule has 0 radical (unpaired) electrons. The molecule has 19 nitrogen and oxygen atoms in total. The van der Waals surface area contributed by atoms with Crippen molar-refractivity contribution in [3.05, 3.63) is 0 Å². The van der Waals surface area contributed by atoms with Crippen molar-refractivity contribution in [2.45, 2.75) is 113 Å². The van der Waals surface area contributed by atoms with E-state index >= 15 is 0 Å². The third-order valence-corrected chi connectivity index (χ3v) is 7.30. The second-order valence-corrected chi connectivity index (χ2v) is 10.5. The Kier molecular flexibility index (Phi) is 12.5. The molecule has 3 heterocycles. The summed E-state index contributed by atoms with van der Waals surface area (Å²) in [5.74, 6) is -2.01. The van der Waals surface area contributed by atoms with E-state index in [1.165, 1.54) is 0 Å². The summed E-state index contributed by atoms with van der Waals surface area (Å²) in [7, 11) is 0. The van der Waals surface area contributed by atoms with Gasteiger partial charge in [-0.2, -0.15) is 0 Å². The predicted molar refractivity (Wildman–Crippen MR) is 136 cm³/mol. The maximum absolute atomic E-state index is 12.3. The van der Waals surface area contributed by atoms with E-state index in [4.69, 9.17) is 23.7 Å². The molecule has 3 aliphatic rings. The summed E-state index contributed by atoms with van der Waals surface area (Å²) < 4.78 is 28.3. The molecule has 15 atom stereocenters. The number of hydrogen-bond acceptors (Lipinski definition) is 16. The van der Waals surface area contributed by atoms with E-state index in [0.29, 0.717) is 0 Å². The zero-order valence-electron chi connectivity index (χ0n) is 23.6. The molecule has 0 aromatic carbocycles. The molecule has 3 saturated heterocycles. The van der Waals surface area contributed by atoms with Crippen LogP contribution in [0.25, 0.3) is 0 Å². The first kappa shape index (κ1) is 35.4. The van der Waals surface area contributed by atoms with E-state index in [1.54, 1.807) is 0 Å². The molecule has 11 N–H and O–H groups in total. The Labute approximate surface area is 245 Å². The first-order valence-electron chi connectivity index (χ1n) is 13.5. The lowest BCUT2D eigenvalue weighted by Gasteiger charge is -2.50. The summed E-state index contributed by atoms with van der Waals surface area (Å²) in [6.45, 7) is 0.964. The van der Waals surface area contributed by atoms with Gasteiger partial charge in [0.1, 0.15) is 73.1 Å². The van der Waals surface area contributed by atoms with Gasteiger partial charge in [-0.15, -0.1) is 0 Å². The van der Waals surface area contributed by atoms with Crippen molar-refractivity contribution in [3.8, 4) is 0 Å². The molecule has 19 heteroatoms. The first-order chi connectivity index (χ1) is 20.2. The lowest BCUT2D eigenvalue weighted by molar-refractivity contribution is -0.347. The van der Waals surface area contributed by atoms with Gasteiger partial charge < -0.3 is 80.5 Å². The third-order valence-electron chi connectivity index (χ3n) is 7.30. The van der Waals surface area contributed by atoms with E-state index in [0.717, 1.165) is 20.8 Å². The van der Waals surface area contributed by atoms with Gasteiger partial charge in [0, 0.05) is 20.8 Å². The zero-order chi connectivity index (χ0) is 32.2. The van der Waals surface area contributed by atoms with Crippen molar-refractivity contribution in [2.24, 2.45) is 0 Å². The van der Waals surface area contributed by atoms with Crippen molar-refractivity contribution in [1.29, 1.82) is 0 Å². The highest BCUT2D eigenvalue weighted by molar-refractivity contribution is 5.74. The van der Waals surface area contributed by atoms with Gasteiger partial charge in [0.05, 0.1) is 19.8 Å². The van der Waals surface area contributed by atoms with Crippen LogP contribution in [-0.2, 0) is 38.1 Å². The second kappa shape index (κ2) is 15.3. The summed E-state index contributed by atoms with van der Waals surface area (Å²) in [4.78, 5) is 36.0. The summed E-state index contributed by atoms with van der Waals surface area (Å²) in [5.41, 5.74) is 0. The van der Waals surface area contributed by atoms with Crippen LogP contribution in [0.15, 0.2) is 0 Å². The van der Waals surface area contributed by atoms with Crippen LogP contribution in [-0.4, -0.2) is 170 Å². The van der Waals surface area contributed by atoms with E-state index in [-0.39, 0.29) is 0 Å². The number of carbonyl (C=O) groups is 3. The van der Waals surface area contributed by atoms with E-state index in [1.807, 2.05) is 0 Å². The van der Waals surface area contributed by atoms with Crippen molar-refractivity contribution in [1.82, 2.24) is 16.0 Å². The monoisotopic (exact) mass is 627 g/mol. The van der Waals surface area contributed by atoms with Gasteiger partial charge in [-0.1, -0.05) is 0 Å². The van der Waals surface area contributed by atoms with E-state index in [9.17, 15) is 55.2 Å². The van der Waals surface area contributed by atoms with Crippen LogP contribution in [0.4, 0.5) is 0 Å². The molecule has 3 fully saturated rings. The molecule has 43 heavy (non-hydrogen) atoms. The molecule has 0 saturated carbocycles. The normalized spacial score (nSPS) is 43.5. The minimum Gasteiger partial charge on any atom is -0.394 e. The SMILES string of the molecule is CC(=O)N[C@@H]1[C@@H](O[C@H]2[C@H](O)[C@@H](CO)O[C@@H](O[C@H]3[C@H](O)[C@@H](CO)O[C@@H](O)[C@@H]3NC(C)=O)[C@@H]2NC(C)=O)O[C@@H](CO)[C@H](O)[C@H]1O. The van der Waals surface area contributed by atoms with E-state index in [2.05, 4.69) is 16.0 Å². The molecule has 0 aromatic heterocycles. The van der Waals surface area contributed by atoms with Crippen molar-refractivity contribution >= 4 is 17.7 Å². The Hall–Kier alpha value is -2.11. The topological polar surface area (TPSA) is 295 Å². The predicted octanol–water partition coefficient (Wildman–Crippen LogP) is -7.14. The molecule has 3 amide bonds. The number of aliphatic hydroxyl groups excluding tert-OH is 8. The van der Waals surface area contributed by atoms with Gasteiger partial charge in [-0.3, -0.25) is 14.4 Å². The molecular weight excluding hydrogens is 586 g/mol. The molecule has 0 unspecified atom stereocenters. The largest absolute Gasteiger partial charge is 0.394 e. The minimum absolute atomic E-state index is 0.651. The fourth-order valence-electron chi connectivity index (χ4n) is 5.27. The van der Waals surface area contributed by atoms with Crippen LogP contribution >= 0.6 is 0 Å². The molecule has 0 bridgehead atoms. The Balaban J connectivity index is 2.00. The summed E-state index contributed by atoms with van der Waals surface area (Å²) in [6, 6.07) is -4.37. The molecule has 3 aliphatic heterocycles. The Bertz CT molecular complexity index is 962. The molecule has 0 aliphatic carbocycles. The summed E-state index contributed by atoms with van der Waals surface area (Å²) in [5, 5.41) is 89.9. The van der Waals surface area contributed by atoms with E-state index < -0.39 is 129 Å². The number of nitrogens with one attached hydrogen (secondary N) is 3. The van der Waals surface area contributed by atoms with Gasteiger partial charge in [0.15, 0.2) is 18.9 Å². The summed E-state index contributed by atoms with van der Waals surface area (Å²) in [6.07, 6.45) is -19.3. The number of hydrogen-bond donors (Lipinski definition) is 11. The Morgan fingerprint density at radius 1 is 0.558 bits per heavy atom. The number of aliphatic hydroxyl groups is 8. The van der Waals surface area contributed by atoms with Gasteiger partial charge in [-0.25, -0.2) is 0 Å². The molecule has 248 valence electrons. The highest BCUT2D eigenvalue weighted by Crippen LogP contribution is 2.32. The Morgan fingerprint density at radius 2 is 0.930 bits per heavy atom. The lowest BCUT2D eigenvalue weighted by Crippen LogP contribution is -2.71. The van der Waals surface area contributed by atoms with Gasteiger partial charge >= 0.3 is 0 Å². The number of amides is 3. The lowest BCUT2D eigenvalue weighted by atomic mass is 9.93. The fraction of sp³-hybridized carbons (Fsp3) is 0.875. The standard InChI is InChI=1S/C24H41N3O16/c1-7(31)25-13-19(37)16(34)10(4-28)40-23(13)43-21-15(27-9(3)33)24(41-12(6-30)18(21)36)42-20-14(26-8(2)32)22(38)39-11(5-29)17(20)35/h10-24,28-30,34-38H,4-6H2,1-3H3,(H,25,31)(H,26,32)(H,27,33)/t10-,11+,12+,13-,14+,15+,16-,17+,18+,19-,20+,21+,22+,23+,24-/m0/s1. The molecular formula is C24H41N3O16. The average Bonchev–Trinajstić information content (AvgIpc) is 2.94. The molecule has 0 aromatic rings.